The van der Waals surface area contributed by atoms with Gasteiger partial charge in [0.1, 0.15) is 5.75 Å². The summed E-state index contributed by atoms with van der Waals surface area (Å²) in [5.74, 6) is 0.280. The van der Waals surface area contributed by atoms with Gasteiger partial charge in [0.15, 0.2) is 0 Å². The van der Waals surface area contributed by atoms with Crippen LogP contribution in [-0.4, -0.2) is 11.7 Å². The summed E-state index contributed by atoms with van der Waals surface area (Å²) in [5.41, 5.74) is 10.3. The molecule has 0 bridgehead atoms. The first-order valence-electron chi connectivity index (χ1n) is 6.66. The summed E-state index contributed by atoms with van der Waals surface area (Å²) in [6.45, 7) is 3.26. The molecule has 3 rings (SSSR count). The number of hydrogen-bond donors (Lipinski definition) is 2. The number of para-hydroxylation sites is 2. The average molecular weight is 289 g/mol. The second kappa shape index (κ2) is 5.00. The Bertz CT molecular complexity index is 657. The molecule has 0 aromatic heterocycles. The molecule has 1 atom stereocenters. The Balaban J connectivity index is 2.09. The van der Waals surface area contributed by atoms with Crippen LogP contribution in [0.25, 0.3) is 0 Å². The Kier molecular flexibility index (Phi) is 3.32. The quantitative estimate of drug-likeness (QED) is 0.891. The summed E-state index contributed by atoms with van der Waals surface area (Å²) in [6, 6.07) is 11.4. The van der Waals surface area contributed by atoms with Crippen LogP contribution in [-0.2, 0) is 6.54 Å². The van der Waals surface area contributed by atoms with Gasteiger partial charge in [-0.3, -0.25) is 0 Å². The maximum atomic E-state index is 10.1. The summed E-state index contributed by atoms with van der Waals surface area (Å²) in [5, 5.41) is 10.9. The van der Waals surface area contributed by atoms with E-state index in [0.29, 0.717) is 6.54 Å². The van der Waals surface area contributed by atoms with E-state index in [2.05, 4.69) is 4.90 Å². The van der Waals surface area contributed by atoms with E-state index in [9.17, 15) is 5.11 Å². The van der Waals surface area contributed by atoms with Crippen molar-refractivity contribution in [2.45, 2.75) is 19.5 Å². The molecule has 3 nitrogen and oxygen atoms in total. The van der Waals surface area contributed by atoms with Crippen molar-refractivity contribution in [3.8, 4) is 5.75 Å². The van der Waals surface area contributed by atoms with E-state index >= 15 is 0 Å². The van der Waals surface area contributed by atoms with Gasteiger partial charge in [-0.1, -0.05) is 29.8 Å². The number of benzene rings is 2. The van der Waals surface area contributed by atoms with Gasteiger partial charge < -0.3 is 15.7 Å². The first-order chi connectivity index (χ1) is 9.63. The molecule has 1 aliphatic heterocycles. The number of rotatable bonds is 2. The van der Waals surface area contributed by atoms with Crippen molar-refractivity contribution >= 4 is 17.3 Å². The van der Waals surface area contributed by atoms with Gasteiger partial charge in [-0.25, -0.2) is 0 Å². The number of fused-ring (bicyclic) bond motifs is 1. The fourth-order valence-corrected chi connectivity index (χ4v) is 3.11. The van der Waals surface area contributed by atoms with Gasteiger partial charge in [0.25, 0.3) is 0 Å². The fourth-order valence-electron chi connectivity index (χ4n) is 2.93. The number of halogens is 1. The van der Waals surface area contributed by atoms with Crippen LogP contribution in [0.4, 0.5) is 5.69 Å². The second-order valence-electron chi connectivity index (χ2n) is 5.11. The van der Waals surface area contributed by atoms with Crippen molar-refractivity contribution in [2.24, 2.45) is 5.73 Å². The molecular formula is C16H17ClN2O. The number of anilines is 1. The van der Waals surface area contributed by atoms with E-state index in [0.717, 1.165) is 22.8 Å². The topological polar surface area (TPSA) is 49.5 Å². The minimum Gasteiger partial charge on any atom is -0.506 e. The highest BCUT2D eigenvalue weighted by Gasteiger charge is 2.32. The van der Waals surface area contributed by atoms with E-state index < -0.39 is 0 Å². The Hall–Kier alpha value is -1.71. The molecule has 2 aromatic carbocycles. The molecule has 0 saturated carbocycles. The average Bonchev–Trinajstić information content (AvgIpc) is 2.82. The van der Waals surface area contributed by atoms with E-state index in [1.165, 1.54) is 11.1 Å². The number of phenolic OH excluding ortho intramolecular Hbond substituents is 1. The van der Waals surface area contributed by atoms with Gasteiger partial charge >= 0.3 is 0 Å². The number of aromatic hydroxyl groups is 1. The summed E-state index contributed by atoms with van der Waals surface area (Å²) in [6.07, 6.45) is 0. The SMILES string of the molecule is Cc1c(Cl)ccc2c1CN(c1ccccc1O)C2CN. The van der Waals surface area contributed by atoms with Crippen LogP contribution < -0.4 is 10.6 Å². The van der Waals surface area contributed by atoms with Crippen LogP contribution in [0.15, 0.2) is 36.4 Å². The van der Waals surface area contributed by atoms with E-state index in [4.69, 9.17) is 17.3 Å². The lowest BCUT2D eigenvalue weighted by molar-refractivity contribution is 0.471. The normalized spacial score (nSPS) is 17.4. The minimum atomic E-state index is 0.0780. The Morgan fingerprint density at radius 1 is 1.30 bits per heavy atom. The molecule has 1 aliphatic rings. The summed E-state index contributed by atoms with van der Waals surface area (Å²) < 4.78 is 0. The lowest BCUT2D eigenvalue weighted by Gasteiger charge is -2.26. The van der Waals surface area contributed by atoms with Crippen LogP contribution in [0.2, 0.25) is 5.02 Å². The van der Waals surface area contributed by atoms with Gasteiger partial charge in [0.05, 0.1) is 11.7 Å². The largest absolute Gasteiger partial charge is 0.506 e. The third-order valence-electron chi connectivity index (χ3n) is 4.05. The molecule has 0 radical (unpaired) electrons. The third kappa shape index (κ3) is 1.94. The minimum absolute atomic E-state index is 0.0780. The molecule has 0 fully saturated rings. The van der Waals surface area contributed by atoms with Crippen molar-refractivity contribution in [3.63, 3.8) is 0 Å². The van der Waals surface area contributed by atoms with Gasteiger partial charge in [-0.05, 0) is 41.8 Å². The van der Waals surface area contributed by atoms with Gasteiger partial charge in [0, 0.05) is 18.1 Å². The molecular weight excluding hydrogens is 272 g/mol. The Morgan fingerprint density at radius 2 is 2.05 bits per heavy atom. The highest BCUT2D eigenvalue weighted by atomic mass is 35.5. The zero-order valence-corrected chi connectivity index (χ0v) is 12.1. The zero-order chi connectivity index (χ0) is 14.3. The molecule has 20 heavy (non-hydrogen) atoms. The Labute approximate surface area is 123 Å². The zero-order valence-electron chi connectivity index (χ0n) is 11.3. The first kappa shape index (κ1) is 13.3. The Morgan fingerprint density at radius 3 is 2.75 bits per heavy atom. The van der Waals surface area contributed by atoms with Crippen LogP contribution in [0.1, 0.15) is 22.7 Å². The predicted molar refractivity (Wildman–Crippen MR) is 82.3 cm³/mol. The number of hydrogen-bond acceptors (Lipinski definition) is 3. The lowest BCUT2D eigenvalue weighted by Crippen LogP contribution is -2.27. The summed E-state index contributed by atoms with van der Waals surface area (Å²) >= 11 is 6.21. The second-order valence-corrected chi connectivity index (χ2v) is 5.52. The van der Waals surface area contributed by atoms with Gasteiger partial charge in [-0.15, -0.1) is 0 Å². The maximum Gasteiger partial charge on any atom is 0.138 e. The molecule has 0 spiro atoms. The molecule has 0 amide bonds. The highest BCUT2D eigenvalue weighted by molar-refractivity contribution is 6.31. The monoisotopic (exact) mass is 288 g/mol. The van der Waals surface area contributed by atoms with Crippen LogP contribution in [0, 0.1) is 6.92 Å². The smallest absolute Gasteiger partial charge is 0.138 e. The number of phenols is 1. The fraction of sp³-hybridized carbons (Fsp3) is 0.250. The molecule has 1 heterocycles. The van der Waals surface area contributed by atoms with E-state index in [1.807, 2.05) is 37.3 Å². The molecule has 1 unspecified atom stereocenters. The third-order valence-corrected chi connectivity index (χ3v) is 4.46. The highest BCUT2D eigenvalue weighted by Crippen LogP contribution is 2.42. The standard InChI is InChI=1S/C16H17ClN2O/c1-10-12-9-19(14-4-2-3-5-16(14)20)15(8-18)11(12)6-7-13(10)17/h2-7,15,20H,8-9,18H2,1H3. The van der Waals surface area contributed by atoms with Crippen molar-refractivity contribution < 1.29 is 5.11 Å². The first-order valence-corrected chi connectivity index (χ1v) is 7.04. The van der Waals surface area contributed by atoms with Crippen LogP contribution in [0.5, 0.6) is 5.75 Å². The number of nitrogens with zero attached hydrogens (tertiary/aromatic N) is 1. The summed E-state index contributed by atoms with van der Waals surface area (Å²) in [7, 11) is 0. The van der Waals surface area contributed by atoms with E-state index in [1.54, 1.807) is 6.07 Å². The van der Waals surface area contributed by atoms with Crippen molar-refractivity contribution in [1.82, 2.24) is 0 Å². The molecule has 0 aliphatic carbocycles. The molecule has 104 valence electrons. The molecule has 2 aromatic rings. The lowest BCUT2D eigenvalue weighted by atomic mass is 10.0. The van der Waals surface area contributed by atoms with Crippen molar-refractivity contribution in [1.29, 1.82) is 0 Å². The van der Waals surface area contributed by atoms with Crippen LogP contribution in [0.3, 0.4) is 0 Å². The molecule has 0 saturated heterocycles. The van der Waals surface area contributed by atoms with Gasteiger partial charge in [0.2, 0.25) is 0 Å². The molecule has 4 heteroatoms. The summed E-state index contributed by atoms with van der Waals surface area (Å²) in [4.78, 5) is 2.14. The van der Waals surface area contributed by atoms with Gasteiger partial charge in [-0.2, -0.15) is 0 Å². The van der Waals surface area contributed by atoms with E-state index in [-0.39, 0.29) is 11.8 Å². The van der Waals surface area contributed by atoms with Crippen molar-refractivity contribution in [2.75, 3.05) is 11.4 Å². The maximum absolute atomic E-state index is 10.1. The van der Waals surface area contributed by atoms with Crippen LogP contribution >= 0.6 is 11.6 Å². The molecule has 3 N–H and O–H groups in total. The van der Waals surface area contributed by atoms with Crippen molar-refractivity contribution in [3.05, 3.63) is 58.1 Å². The predicted octanol–water partition coefficient (Wildman–Crippen LogP) is 3.37. The number of nitrogens with two attached hydrogens (primary N) is 1.